The molecule has 2 amide bonds. The highest BCUT2D eigenvalue weighted by atomic mass is 16.3. The number of amides is 2. The molecule has 0 bridgehead atoms. The highest BCUT2D eigenvalue weighted by Gasteiger charge is 2.35. The number of hydrogen-bond donors (Lipinski definition) is 3. The van der Waals surface area contributed by atoms with Gasteiger partial charge in [0.2, 0.25) is 0 Å². The molecule has 1 aromatic rings. The van der Waals surface area contributed by atoms with Gasteiger partial charge in [-0.1, -0.05) is 33.1 Å². The molecule has 0 unspecified atom stereocenters. The molecule has 6 heteroatoms. The number of aliphatic hydroxyl groups is 1. The molecule has 6 nitrogen and oxygen atoms in total. The maximum atomic E-state index is 12.3. The zero-order valence-electron chi connectivity index (χ0n) is 15.2. The van der Waals surface area contributed by atoms with Gasteiger partial charge in [0.25, 0.3) is 0 Å². The molecule has 1 atom stereocenters. The van der Waals surface area contributed by atoms with Gasteiger partial charge in [0.05, 0.1) is 18.7 Å². The summed E-state index contributed by atoms with van der Waals surface area (Å²) >= 11 is 0. The first kappa shape index (κ1) is 18.8. The lowest BCUT2D eigenvalue weighted by Crippen LogP contribution is -2.57. The number of carbonyl (C=O) groups excluding carboxylic acids is 1. The number of urea groups is 1. The van der Waals surface area contributed by atoms with E-state index in [2.05, 4.69) is 34.0 Å². The fraction of sp³-hybridized carbons (Fsp3) is 0.778. The largest absolute Gasteiger partial charge is 0.394 e. The highest BCUT2D eigenvalue weighted by Crippen LogP contribution is 2.32. The van der Waals surface area contributed by atoms with Gasteiger partial charge in [0.1, 0.15) is 5.82 Å². The Morgan fingerprint density at radius 2 is 2.12 bits per heavy atom. The van der Waals surface area contributed by atoms with Crippen LogP contribution in [0.4, 0.5) is 4.79 Å². The first-order valence-electron chi connectivity index (χ1n) is 9.11. The molecule has 1 heterocycles. The van der Waals surface area contributed by atoms with Crippen molar-refractivity contribution in [2.75, 3.05) is 6.61 Å². The van der Waals surface area contributed by atoms with Crippen molar-refractivity contribution in [1.29, 1.82) is 0 Å². The Morgan fingerprint density at radius 3 is 2.75 bits per heavy atom. The van der Waals surface area contributed by atoms with Gasteiger partial charge >= 0.3 is 6.03 Å². The number of imidazole rings is 1. The van der Waals surface area contributed by atoms with E-state index in [-0.39, 0.29) is 12.6 Å². The Hall–Kier alpha value is -1.56. The van der Waals surface area contributed by atoms with Crippen molar-refractivity contribution in [2.45, 2.75) is 71.5 Å². The Balaban J connectivity index is 1.88. The molecule has 1 aromatic heterocycles. The highest BCUT2D eigenvalue weighted by molar-refractivity contribution is 5.74. The molecule has 0 aliphatic heterocycles. The summed E-state index contributed by atoms with van der Waals surface area (Å²) in [5.74, 6) is 1.71. The van der Waals surface area contributed by atoms with E-state index in [1.165, 1.54) is 19.3 Å². The standard InChI is InChI=1S/C18H32N4O2/c1-14(2)12-22-10-9-19-16(22)11-20-17(24)21-18(3,13-23)15-7-5-4-6-8-15/h9-10,14-15,23H,4-8,11-13H2,1-3H3,(H2,20,21,24)/t18-/m0/s1. The third kappa shape index (κ3) is 4.97. The van der Waals surface area contributed by atoms with Crippen molar-refractivity contribution in [3.05, 3.63) is 18.2 Å². The second-order valence-corrected chi connectivity index (χ2v) is 7.61. The van der Waals surface area contributed by atoms with Gasteiger partial charge in [-0.25, -0.2) is 9.78 Å². The SMILES string of the molecule is CC(C)Cn1ccnc1CNC(=O)N[C@@](C)(CO)C1CCCCC1. The van der Waals surface area contributed by atoms with E-state index in [0.717, 1.165) is 25.2 Å². The van der Waals surface area contributed by atoms with Crippen LogP contribution in [-0.2, 0) is 13.1 Å². The van der Waals surface area contributed by atoms with Crippen LogP contribution in [0.1, 0.15) is 58.7 Å². The molecule has 0 saturated heterocycles. The minimum atomic E-state index is -0.558. The number of carbonyl (C=O) groups is 1. The lowest BCUT2D eigenvalue weighted by molar-refractivity contribution is 0.101. The molecule has 0 aromatic carbocycles. The average Bonchev–Trinajstić information content (AvgIpc) is 3.00. The van der Waals surface area contributed by atoms with Crippen LogP contribution in [0.5, 0.6) is 0 Å². The first-order valence-corrected chi connectivity index (χ1v) is 9.11. The number of nitrogens with zero attached hydrogens (tertiary/aromatic N) is 2. The second kappa shape index (κ2) is 8.51. The summed E-state index contributed by atoms with van der Waals surface area (Å²) in [4.78, 5) is 16.6. The number of aromatic nitrogens is 2. The van der Waals surface area contributed by atoms with Crippen LogP contribution >= 0.6 is 0 Å². The van der Waals surface area contributed by atoms with Gasteiger partial charge in [-0.05, 0) is 31.6 Å². The van der Waals surface area contributed by atoms with Gasteiger partial charge in [-0.15, -0.1) is 0 Å². The maximum absolute atomic E-state index is 12.3. The third-order valence-corrected chi connectivity index (χ3v) is 5.00. The van der Waals surface area contributed by atoms with Crippen molar-refractivity contribution in [3.63, 3.8) is 0 Å². The molecule has 24 heavy (non-hydrogen) atoms. The molecular formula is C18H32N4O2. The Kier molecular flexibility index (Phi) is 6.66. The fourth-order valence-electron chi connectivity index (χ4n) is 3.54. The van der Waals surface area contributed by atoms with E-state index < -0.39 is 5.54 Å². The van der Waals surface area contributed by atoms with E-state index in [1.54, 1.807) is 6.20 Å². The lowest BCUT2D eigenvalue weighted by Gasteiger charge is -2.39. The molecule has 1 aliphatic carbocycles. The van der Waals surface area contributed by atoms with Gasteiger partial charge in [0.15, 0.2) is 0 Å². The number of aliphatic hydroxyl groups excluding tert-OH is 1. The van der Waals surface area contributed by atoms with Crippen LogP contribution in [0.3, 0.4) is 0 Å². The molecule has 1 aliphatic rings. The minimum Gasteiger partial charge on any atom is -0.394 e. The monoisotopic (exact) mass is 336 g/mol. The van der Waals surface area contributed by atoms with E-state index >= 15 is 0 Å². The zero-order chi connectivity index (χ0) is 17.6. The lowest BCUT2D eigenvalue weighted by atomic mass is 9.76. The molecular weight excluding hydrogens is 304 g/mol. The summed E-state index contributed by atoms with van der Waals surface area (Å²) in [6.45, 7) is 7.49. The predicted molar refractivity (Wildman–Crippen MR) is 94.5 cm³/mol. The van der Waals surface area contributed by atoms with Gasteiger partial charge < -0.3 is 20.3 Å². The zero-order valence-corrected chi connectivity index (χ0v) is 15.2. The summed E-state index contributed by atoms with van der Waals surface area (Å²) in [5, 5.41) is 15.7. The van der Waals surface area contributed by atoms with E-state index in [0.29, 0.717) is 18.4 Å². The quantitative estimate of drug-likeness (QED) is 0.716. The summed E-state index contributed by atoms with van der Waals surface area (Å²) in [6, 6.07) is -0.240. The van der Waals surface area contributed by atoms with Crippen LogP contribution in [0.25, 0.3) is 0 Å². The summed E-state index contributed by atoms with van der Waals surface area (Å²) in [5.41, 5.74) is -0.558. The summed E-state index contributed by atoms with van der Waals surface area (Å²) < 4.78 is 2.07. The molecule has 1 saturated carbocycles. The predicted octanol–water partition coefficient (Wildman–Crippen LogP) is 2.67. The van der Waals surface area contributed by atoms with Crippen LogP contribution < -0.4 is 10.6 Å². The van der Waals surface area contributed by atoms with Crippen LogP contribution in [0, 0.1) is 11.8 Å². The second-order valence-electron chi connectivity index (χ2n) is 7.61. The Bertz CT molecular complexity index is 523. The maximum Gasteiger partial charge on any atom is 0.315 e. The molecule has 136 valence electrons. The van der Waals surface area contributed by atoms with Crippen molar-refractivity contribution < 1.29 is 9.90 Å². The van der Waals surface area contributed by atoms with E-state index in [1.807, 2.05) is 13.1 Å². The smallest absolute Gasteiger partial charge is 0.315 e. The third-order valence-electron chi connectivity index (χ3n) is 5.00. The van der Waals surface area contributed by atoms with Crippen molar-refractivity contribution >= 4 is 6.03 Å². The summed E-state index contributed by atoms with van der Waals surface area (Å²) in [6.07, 6.45) is 9.44. The van der Waals surface area contributed by atoms with Gasteiger partial charge in [-0.3, -0.25) is 0 Å². The van der Waals surface area contributed by atoms with E-state index in [9.17, 15) is 9.90 Å². The molecule has 2 rings (SSSR count). The fourth-order valence-corrected chi connectivity index (χ4v) is 3.54. The topological polar surface area (TPSA) is 79.2 Å². The van der Waals surface area contributed by atoms with Gasteiger partial charge in [-0.2, -0.15) is 0 Å². The Labute approximate surface area is 145 Å². The summed E-state index contributed by atoms with van der Waals surface area (Å²) in [7, 11) is 0. The molecule has 1 fully saturated rings. The van der Waals surface area contributed by atoms with Crippen molar-refractivity contribution in [1.82, 2.24) is 20.2 Å². The van der Waals surface area contributed by atoms with Crippen LogP contribution in [0.15, 0.2) is 12.4 Å². The first-order chi connectivity index (χ1) is 11.4. The van der Waals surface area contributed by atoms with Gasteiger partial charge in [0, 0.05) is 18.9 Å². The normalized spacial score (nSPS) is 18.4. The molecule has 0 radical (unpaired) electrons. The molecule has 0 spiro atoms. The minimum absolute atomic E-state index is 0.0347. The van der Waals surface area contributed by atoms with Crippen molar-refractivity contribution in [3.8, 4) is 0 Å². The van der Waals surface area contributed by atoms with Crippen LogP contribution in [0.2, 0.25) is 0 Å². The Morgan fingerprint density at radius 1 is 1.42 bits per heavy atom. The number of nitrogens with one attached hydrogen (secondary N) is 2. The van der Waals surface area contributed by atoms with E-state index in [4.69, 9.17) is 0 Å². The average molecular weight is 336 g/mol. The van der Waals surface area contributed by atoms with Crippen molar-refractivity contribution in [2.24, 2.45) is 11.8 Å². The number of rotatable bonds is 7. The van der Waals surface area contributed by atoms with Crippen LogP contribution in [-0.4, -0.2) is 32.8 Å². The number of hydrogen-bond acceptors (Lipinski definition) is 3. The molecule has 3 N–H and O–H groups in total.